The van der Waals surface area contributed by atoms with Gasteiger partial charge in [-0.25, -0.2) is 9.55 Å². The summed E-state index contributed by atoms with van der Waals surface area (Å²) in [5.74, 6) is 3.50. The van der Waals surface area contributed by atoms with Crippen LogP contribution >= 0.6 is 0 Å². The number of rotatable bonds is 2. The Morgan fingerprint density at radius 3 is 2.50 bits per heavy atom. The third-order valence-corrected chi connectivity index (χ3v) is 6.01. The van der Waals surface area contributed by atoms with Crippen LogP contribution in [0.25, 0.3) is 5.82 Å². The van der Waals surface area contributed by atoms with E-state index in [0.717, 1.165) is 18.2 Å². The van der Waals surface area contributed by atoms with Gasteiger partial charge in [0, 0.05) is 11.2 Å². The molecule has 4 nitrogen and oxygen atoms in total. The molecule has 0 unspecified atom stereocenters. The van der Waals surface area contributed by atoms with Gasteiger partial charge in [-0.15, -0.1) is 0 Å². The van der Waals surface area contributed by atoms with Gasteiger partial charge in [-0.05, 0) is 31.0 Å². The molecular weight excluding hydrogens is 343 g/mol. The lowest BCUT2D eigenvalue weighted by molar-refractivity contribution is -0.673. The molecule has 0 spiro atoms. The Kier molecular flexibility index (Phi) is 3.13. The van der Waals surface area contributed by atoms with Crippen LogP contribution in [-0.4, -0.2) is 16.4 Å². The number of benzene rings is 2. The van der Waals surface area contributed by atoms with Crippen molar-refractivity contribution in [2.75, 3.05) is 4.81 Å². The zero-order chi connectivity index (χ0) is 18.8. The number of pyridine rings is 1. The lowest BCUT2D eigenvalue weighted by Crippen LogP contribution is -2.61. The summed E-state index contributed by atoms with van der Waals surface area (Å²) in [4.78, 5) is 7.26. The summed E-state index contributed by atoms with van der Waals surface area (Å²) < 4.78 is 4.65. The minimum Gasteiger partial charge on any atom is -0.342 e. The fourth-order valence-corrected chi connectivity index (χ4v) is 4.87. The number of para-hydroxylation sites is 1. The van der Waals surface area contributed by atoms with E-state index >= 15 is 0 Å². The first-order valence-corrected chi connectivity index (χ1v) is 9.74. The van der Waals surface area contributed by atoms with E-state index in [9.17, 15) is 0 Å². The quantitative estimate of drug-likeness (QED) is 0.356. The maximum absolute atomic E-state index is 4.78. The monoisotopic (exact) mass is 363 g/mol. The highest BCUT2D eigenvalue weighted by atomic mass is 15.4. The fourth-order valence-electron chi connectivity index (χ4n) is 4.87. The van der Waals surface area contributed by atoms with Crippen LogP contribution in [0.1, 0.15) is 17.0 Å². The van der Waals surface area contributed by atoms with Gasteiger partial charge in [-0.1, -0.05) is 60.1 Å². The summed E-state index contributed by atoms with van der Waals surface area (Å²) in [6, 6.07) is 21.8. The Morgan fingerprint density at radius 2 is 1.71 bits per heavy atom. The van der Waals surface area contributed by atoms with Gasteiger partial charge >= 0.3 is 6.85 Å². The molecule has 0 fully saturated rings. The third kappa shape index (κ3) is 1.96. The van der Waals surface area contributed by atoms with Gasteiger partial charge in [0.15, 0.2) is 6.54 Å². The van der Waals surface area contributed by atoms with Gasteiger partial charge in [0.2, 0.25) is 11.6 Å². The van der Waals surface area contributed by atoms with Gasteiger partial charge in [0.05, 0.1) is 12.4 Å². The minimum absolute atomic E-state index is 0.110. The summed E-state index contributed by atoms with van der Waals surface area (Å²) in [5.41, 5.74) is 6.44. The number of imidazole rings is 1. The Bertz CT molecular complexity index is 1210. The topological polar surface area (TPSA) is 24.9 Å². The largest absolute Gasteiger partial charge is 0.342 e. The zero-order valence-corrected chi connectivity index (χ0v) is 16.0. The van der Waals surface area contributed by atoms with E-state index in [1.54, 1.807) is 0 Å². The molecule has 0 saturated heterocycles. The molecular formula is C23H20BN4+. The fraction of sp³-hybridized carbons (Fsp3) is 0.130. The molecule has 134 valence electrons. The van der Waals surface area contributed by atoms with Gasteiger partial charge in [-0.3, -0.25) is 0 Å². The summed E-state index contributed by atoms with van der Waals surface area (Å²) in [6.45, 7) is 5.34. The average molecular weight is 363 g/mol. The number of hydrogen-bond acceptors (Lipinski definition) is 2. The van der Waals surface area contributed by atoms with Crippen LogP contribution in [0.2, 0.25) is 0 Å². The number of hydrogen-bond donors (Lipinski definition) is 0. The van der Waals surface area contributed by atoms with Gasteiger partial charge in [0.1, 0.15) is 0 Å². The smallest absolute Gasteiger partial charge is 0.340 e. The highest BCUT2D eigenvalue weighted by Crippen LogP contribution is 2.37. The molecule has 2 aliphatic rings. The predicted molar refractivity (Wildman–Crippen MR) is 112 cm³/mol. The van der Waals surface area contributed by atoms with Crippen molar-refractivity contribution in [3.63, 3.8) is 0 Å². The van der Waals surface area contributed by atoms with Crippen molar-refractivity contribution >= 4 is 29.3 Å². The number of aryl methyl sites for hydroxylation is 2. The van der Waals surface area contributed by atoms with Crippen LogP contribution in [0.3, 0.4) is 0 Å². The second kappa shape index (κ2) is 5.58. The molecule has 2 aliphatic heterocycles. The molecule has 4 aromatic rings. The predicted octanol–water partition coefficient (Wildman–Crippen LogP) is 2.40. The highest BCUT2D eigenvalue weighted by molar-refractivity contribution is 6.90. The Labute approximate surface area is 164 Å². The molecule has 0 saturated carbocycles. The maximum atomic E-state index is 4.78. The van der Waals surface area contributed by atoms with Crippen molar-refractivity contribution in [1.82, 2.24) is 9.55 Å². The van der Waals surface area contributed by atoms with Crippen LogP contribution in [-0.2, 0) is 6.54 Å². The maximum Gasteiger partial charge on any atom is 0.340 e. The summed E-state index contributed by atoms with van der Waals surface area (Å²) in [7, 11) is 0. The molecule has 0 radical (unpaired) electrons. The van der Waals surface area contributed by atoms with E-state index in [-0.39, 0.29) is 6.85 Å². The van der Waals surface area contributed by atoms with Crippen molar-refractivity contribution in [2.45, 2.75) is 20.4 Å². The van der Waals surface area contributed by atoms with Gasteiger partial charge in [0.25, 0.3) is 5.82 Å². The van der Waals surface area contributed by atoms with Crippen LogP contribution in [0, 0.1) is 13.8 Å². The van der Waals surface area contributed by atoms with Crippen LogP contribution in [0.4, 0.5) is 11.5 Å². The van der Waals surface area contributed by atoms with E-state index in [4.69, 9.17) is 4.98 Å². The average Bonchev–Trinajstić information content (AvgIpc) is 3.28. The van der Waals surface area contributed by atoms with Crippen LogP contribution < -0.4 is 20.3 Å². The summed E-state index contributed by atoms with van der Waals surface area (Å²) >= 11 is 0. The number of anilines is 2. The molecule has 0 aliphatic carbocycles. The first-order valence-electron chi connectivity index (χ1n) is 9.74. The number of nitrogens with zero attached hydrogens (tertiary/aromatic N) is 4. The van der Waals surface area contributed by atoms with Crippen molar-refractivity contribution in [3.8, 4) is 5.82 Å². The third-order valence-electron chi connectivity index (χ3n) is 6.01. The zero-order valence-electron chi connectivity index (χ0n) is 16.0. The SMILES string of the molecule is Cc1cccc(C)c1N1B(c2ccccc2)c2ccc[n+]3c2-n2c1cnc2C3. The molecule has 28 heavy (non-hydrogen) atoms. The number of aromatic nitrogens is 3. The second-order valence-corrected chi connectivity index (χ2v) is 7.71. The summed E-state index contributed by atoms with van der Waals surface area (Å²) in [5, 5.41) is 0. The van der Waals surface area contributed by atoms with Crippen molar-refractivity contribution in [3.05, 3.63) is 90.0 Å². The molecule has 5 heteroatoms. The van der Waals surface area contributed by atoms with Crippen molar-refractivity contribution < 1.29 is 4.57 Å². The lowest BCUT2D eigenvalue weighted by atomic mass is 9.48. The van der Waals surface area contributed by atoms with Crippen LogP contribution in [0.5, 0.6) is 0 Å². The van der Waals surface area contributed by atoms with E-state index in [2.05, 4.69) is 94.7 Å². The van der Waals surface area contributed by atoms with Gasteiger partial charge < -0.3 is 4.81 Å². The van der Waals surface area contributed by atoms with E-state index in [1.165, 1.54) is 33.6 Å². The van der Waals surface area contributed by atoms with Gasteiger partial charge in [-0.2, -0.15) is 4.57 Å². The highest BCUT2D eigenvalue weighted by Gasteiger charge is 2.48. The minimum atomic E-state index is 0.110. The lowest BCUT2D eigenvalue weighted by Gasteiger charge is -2.35. The molecule has 2 aromatic heterocycles. The Hall–Kier alpha value is -3.34. The summed E-state index contributed by atoms with van der Waals surface area (Å²) in [6.07, 6.45) is 4.20. The van der Waals surface area contributed by atoms with E-state index in [0.29, 0.717) is 0 Å². The normalized spacial score (nSPS) is 13.8. The molecule has 0 N–H and O–H groups in total. The molecule has 0 atom stereocenters. The molecule has 2 aromatic carbocycles. The van der Waals surface area contributed by atoms with E-state index < -0.39 is 0 Å². The molecule has 0 bridgehead atoms. The van der Waals surface area contributed by atoms with Crippen LogP contribution in [0.15, 0.2) is 73.1 Å². The van der Waals surface area contributed by atoms with Crippen molar-refractivity contribution in [1.29, 1.82) is 0 Å². The van der Waals surface area contributed by atoms with Crippen molar-refractivity contribution in [2.24, 2.45) is 0 Å². The standard InChI is InChI=1S/C23H20BN4/c1-16-8-6-9-17(2)22(16)28-21-14-25-20-15-26-13-7-12-19(23(26)27(20)21)24(28)18-10-4-3-5-11-18/h3-14H,15H2,1-2H3/q+1. The first-order chi connectivity index (χ1) is 13.7. The molecule has 6 rings (SSSR count). The Morgan fingerprint density at radius 1 is 0.929 bits per heavy atom. The van der Waals surface area contributed by atoms with E-state index in [1.807, 2.05) is 6.20 Å². The first kappa shape index (κ1) is 15.7. The molecule has 4 heterocycles. The molecule has 0 amide bonds. The second-order valence-electron chi connectivity index (χ2n) is 7.71. The Balaban J connectivity index is 1.72.